The van der Waals surface area contributed by atoms with E-state index in [-0.39, 0.29) is 0 Å². The minimum Gasteiger partial charge on any atom is -0.378 e. The zero-order valence-corrected chi connectivity index (χ0v) is 12.0. The third-order valence-electron chi connectivity index (χ3n) is 3.03. The highest BCUT2D eigenvalue weighted by Crippen LogP contribution is 2.14. The number of rotatable bonds is 5. The third-order valence-corrected chi connectivity index (χ3v) is 3.03. The normalized spacial score (nSPS) is 18.4. The molecule has 98 valence electrons. The first kappa shape index (κ1) is 15.9. The summed E-state index contributed by atoms with van der Waals surface area (Å²) < 4.78 is 5.86. The number of likely N-dealkylation sites (tertiary alicyclic amines) is 1. The van der Waals surface area contributed by atoms with Crippen LogP contribution >= 0.6 is 0 Å². The van der Waals surface area contributed by atoms with Gasteiger partial charge in [-0.25, -0.2) is 0 Å². The van der Waals surface area contributed by atoms with Crippen molar-refractivity contribution >= 4 is 0 Å². The van der Waals surface area contributed by atoms with Crippen LogP contribution in [-0.2, 0) is 4.74 Å². The van der Waals surface area contributed by atoms with Gasteiger partial charge in [0.1, 0.15) is 0 Å². The van der Waals surface area contributed by atoms with Gasteiger partial charge in [-0.3, -0.25) is 0 Å². The molecule has 1 heterocycles. The van der Waals surface area contributed by atoms with Crippen molar-refractivity contribution in [2.75, 3.05) is 26.2 Å². The second-order valence-electron chi connectivity index (χ2n) is 4.69. The fraction of sp³-hybridized carbons (Fsp3) is 1.00. The van der Waals surface area contributed by atoms with Crippen molar-refractivity contribution < 1.29 is 4.74 Å². The van der Waals surface area contributed by atoms with E-state index in [4.69, 9.17) is 4.74 Å². The lowest BCUT2D eigenvalue weighted by Gasteiger charge is -2.31. The van der Waals surface area contributed by atoms with Gasteiger partial charge in [0.15, 0.2) is 0 Å². The van der Waals surface area contributed by atoms with Gasteiger partial charge >= 0.3 is 0 Å². The van der Waals surface area contributed by atoms with E-state index < -0.39 is 0 Å². The Bertz CT molecular complexity index is 140. The maximum absolute atomic E-state index is 5.86. The SMILES string of the molecule is CC.CCN1CCC(OCCC(C)C)CC1. The van der Waals surface area contributed by atoms with Gasteiger partial charge in [-0.15, -0.1) is 0 Å². The highest BCUT2D eigenvalue weighted by atomic mass is 16.5. The summed E-state index contributed by atoms with van der Waals surface area (Å²) in [6.07, 6.45) is 4.20. The average molecular weight is 229 g/mol. The summed E-state index contributed by atoms with van der Waals surface area (Å²) in [7, 11) is 0. The van der Waals surface area contributed by atoms with E-state index in [0.717, 1.165) is 12.5 Å². The van der Waals surface area contributed by atoms with Crippen molar-refractivity contribution in [3.63, 3.8) is 0 Å². The molecule has 1 saturated heterocycles. The van der Waals surface area contributed by atoms with E-state index in [1.165, 1.54) is 38.9 Å². The fourth-order valence-electron chi connectivity index (χ4n) is 1.86. The van der Waals surface area contributed by atoms with Crippen LogP contribution in [-0.4, -0.2) is 37.2 Å². The molecule has 1 aliphatic rings. The van der Waals surface area contributed by atoms with Crippen molar-refractivity contribution in [3.05, 3.63) is 0 Å². The summed E-state index contributed by atoms with van der Waals surface area (Å²) in [6, 6.07) is 0. The smallest absolute Gasteiger partial charge is 0.0599 e. The second kappa shape index (κ2) is 10.1. The van der Waals surface area contributed by atoms with E-state index >= 15 is 0 Å². The van der Waals surface area contributed by atoms with Crippen LogP contribution in [0, 0.1) is 5.92 Å². The van der Waals surface area contributed by atoms with Crippen molar-refractivity contribution in [3.8, 4) is 0 Å². The molecule has 0 atom stereocenters. The molecule has 0 aromatic heterocycles. The first-order valence-electron chi connectivity index (χ1n) is 7.06. The van der Waals surface area contributed by atoms with E-state index in [0.29, 0.717) is 6.10 Å². The molecule has 16 heavy (non-hydrogen) atoms. The summed E-state index contributed by atoms with van der Waals surface area (Å²) in [4.78, 5) is 2.50. The van der Waals surface area contributed by atoms with Gasteiger partial charge in [0.2, 0.25) is 0 Å². The summed E-state index contributed by atoms with van der Waals surface area (Å²) in [5, 5.41) is 0. The molecular weight excluding hydrogens is 198 g/mol. The van der Waals surface area contributed by atoms with Crippen LogP contribution in [0.2, 0.25) is 0 Å². The van der Waals surface area contributed by atoms with Crippen LogP contribution in [0.1, 0.15) is 53.9 Å². The van der Waals surface area contributed by atoms with E-state index in [9.17, 15) is 0 Å². The number of hydrogen-bond acceptors (Lipinski definition) is 2. The molecule has 0 N–H and O–H groups in total. The Hall–Kier alpha value is -0.0800. The van der Waals surface area contributed by atoms with E-state index in [1.54, 1.807) is 0 Å². The largest absolute Gasteiger partial charge is 0.378 e. The predicted molar refractivity (Wildman–Crippen MR) is 71.9 cm³/mol. The van der Waals surface area contributed by atoms with E-state index in [2.05, 4.69) is 25.7 Å². The molecule has 2 nitrogen and oxygen atoms in total. The molecule has 2 heteroatoms. The molecule has 0 bridgehead atoms. The summed E-state index contributed by atoms with van der Waals surface area (Å²) in [6.45, 7) is 15.3. The van der Waals surface area contributed by atoms with Crippen LogP contribution < -0.4 is 0 Å². The van der Waals surface area contributed by atoms with Gasteiger partial charge in [-0.2, -0.15) is 0 Å². The molecule has 0 spiro atoms. The first-order valence-corrected chi connectivity index (χ1v) is 7.06. The van der Waals surface area contributed by atoms with Crippen molar-refractivity contribution in [2.45, 2.75) is 60.0 Å². The number of piperidine rings is 1. The Morgan fingerprint density at radius 2 is 1.75 bits per heavy atom. The Morgan fingerprint density at radius 3 is 2.19 bits per heavy atom. The van der Waals surface area contributed by atoms with Crippen molar-refractivity contribution in [1.82, 2.24) is 4.90 Å². The zero-order chi connectivity index (χ0) is 12.4. The molecule has 0 amide bonds. The van der Waals surface area contributed by atoms with Gasteiger partial charge in [0, 0.05) is 19.7 Å². The van der Waals surface area contributed by atoms with Gasteiger partial charge in [-0.05, 0) is 31.7 Å². The highest BCUT2D eigenvalue weighted by molar-refractivity contribution is 4.71. The van der Waals surface area contributed by atoms with Crippen LogP contribution in [0.15, 0.2) is 0 Å². The van der Waals surface area contributed by atoms with Crippen molar-refractivity contribution in [1.29, 1.82) is 0 Å². The summed E-state index contributed by atoms with van der Waals surface area (Å²) in [5.41, 5.74) is 0. The van der Waals surface area contributed by atoms with E-state index in [1.807, 2.05) is 13.8 Å². The lowest BCUT2D eigenvalue weighted by molar-refractivity contribution is 0.00428. The first-order chi connectivity index (χ1) is 7.72. The average Bonchev–Trinajstić information content (AvgIpc) is 2.32. The minimum atomic E-state index is 0.538. The number of ether oxygens (including phenoxy) is 1. The topological polar surface area (TPSA) is 12.5 Å². The van der Waals surface area contributed by atoms with Gasteiger partial charge in [0.25, 0.3) is 0 Å². The van der Waals surface area contributed by atoms with Crippen LogP contribution in [0.5, 0.6) is 0 Å². The Kier molecular flexibility index (Phi) is 10.0. The Balaban J connectivity index is 0.00000106. The molecule has 0 radical (unpaired) electrons. The molecule has 1 fully saturated rings. The Morgan fingerprint density at radius 1 is 1.19 bits per heavy atom. The van der Waals surface area contributed by atoms with Crippen molar-refractivity contribution in [2.24, 2.45) is 5.92 Å². The maximum atomic E-state index is 5.86. The minimum absolute atomic E-state index is 0.538. The number of hydrogen-bond donors (Lipinski definition) is 0. The molecule has 0 unspecified atom stereocenters. The molecule has 0 aromatic carbocycles. The second-order valence-corrected chi connectivity index (χ2v) is 4.69. The third kappa shape index (κ3) is 7.24. The standard InChI is InChI=1S/C12H25NO.C2H6/c1-4-13-8-5-12(6-9-13)14-10-7-11(2)3;1-2/h11-12H,4-10H2,1-3H3;1-2H3. The quantitative estimate of drug-likeness (QED) is 0.715. The molecule has 0 aromatic rings. The highest BCUT2D eigenvalue weighted by Gasteiger charge is 2.17. The van der Waals surface area contributed by atoms with Gasteiger partial charge in [-0.1, -0.05) is 34.6 Å². The van der Waals surface area contributed by atoms with Gasteiger partial charge in [0.05, 0.1) is 6.10 Å². The molecule has 1 aliphatic heterocycles. The lowest BCUT2D eigenvalue weighted by Crippen LogP contribution is -2.36. The molecular formula is C14H31NO. The monoisotopic (exact) mass is 229 g/mol. The Labute approximate surface area is 102 Å². The molecule has 1 rings (SSSR count). The molecule has 0 saturated carbocycles. The zero-order valence-electron chi connectivity index (χ0n) is 12.0. The maximum Gasteiger partial charge on any atom is 0.0599 e. The fourth-order valence-corrected chi connectivity index (χ4v) is 1.86. The molecule has 0 aliphatic carbocycles. The van der Waals surface area contributed by atoms with Crippen LogP contribution in [0.4, 0.5) is 0 Å². The number of nitrogens with zero attached hydrogens (tertiary/aromatic N) is 1. The predicted octanol–water partition coefficient (Wildman–Crippen LogP) is 3.56. The summed E-state index contributed by atoms with van der Waals surface area (Å²) in [5.74, 6) is 0.769. The van der Waals surface area contributed by atoms with Crippen LogP contribution in [0.25, 0.3) is 0 Å². The lowest BCUT2D eigenvalue weighted by atomic mass is 10.1. The van der Waals surface area contributed by atoms with Crippen LogP contribution in [0.3, 0.4) is 0 Å². The summed E-state index contributed by atoms with van der Waals surface area (Å²) >= 11 is 0. The van der Waals surface area contributed by atoms with Gasteiger partial charge < -0.3 is 9.64 Å².